The molecule has 7 nitrogen and oxygen atoms in total. The number of carbonyl (C=O) groups is 2. The lowest BCUT2D eigenvalue weighted by Crippen LogP contribution is -2.61. The Morgan fingerprint density at radius 2 is 2.42 bits per heavy atom. The average Bonchev–Trinajstić information content (AvgIpc) is 2.83. The molecule has 2 aliphatic rings. The summed E-state index contributed by atoms with van der Waals surface area (Å²) in [4.78, 5) is 29.2. The van der Waals surface area contributed by atoms with Crippen molar-refractivity contribution in [1.82, 2.24) is 15.2 Å². The second kappa shape index (κ2) is 4.65. The van der Waals surface area contributed by atoms with Crippen molar-refractivity contribution in [3.63, 3.8) is 0 Å². The topological polar surface area (TPSA) is 84.7 Å². The van der Waals surface area contributed by atoms with Crippen molar-refractivity contribution in [1.29, 1.82) is 0 Å². The van der Waals surface area contributed by atoms with E-state index < -0.39 is 0 Å². The second-order valence-corrected chi connectivity index (χ2v) is 4.82. The maximum Gasteiger partial charge on any atom is 0.275 e. The molecule has 0 aromatic carbocycles. The van der Waals surface area contributed by atoms with Gasteiger partial charge in [0.15, 0.2) is 11.6 Å². The van der Waals surface area contributed by atoms with Crippen LogP contribution in [0.15, 0.2) is 10.7 Å². The van der Waals surface area contributed by atoms with Crippen LogP contribution in [0.1, 0.15) is 22.8 Å². The molecule has 2 fully saturated rings. The molecule has 3 heterocycles. The van der Waals surface area contributed by atoms with Crippen molar-refractivity contribution in [3.05, 3.63) is 17.8 Å². The van der Waals surface area contributed by atoms with Gasteiger partial charge in [-0.25, -0.2) is 4.98 Å². The number of nitrogens with one attached hydrogen (secondary N) is 1. The first-order valence-electron chi connectivity index (χ1n) is 6.26. The predicted octanol–water partition coefficient (Wildman–Crippen LogP) is -0.287. The Balaban J connectivity index is 1.70. The highest BCUT2D eigenvalue weighted by Crippen LogP contribution is 2.19. The Morgan fingerprint density at radius 3 is 3.16 bits per heavy atom. The zero-order chi connectivity index (χ0) is 13.4. The maximum atomic E-state index is 12.2. The predicted molar refractivity (Wildman–Crippen MR) is 63.4 cm³/mol. The number of hydrogen-bond donors (Lipinski definition) is 1. The third-order valence-corrected chi connectivity index (χ3v) is 3.45. The molecule has 2 saturated heterocycles. The van der Waals surface area contributed by atoms with Crippen molar-refractivity contribution in [3.8, 4) is 0 Å². The molecule has 0 spiro atoms. The van der Waals surface area contributed by atoms with Crippen LogP contribution in [0.5, 0.6) is 0 Å². The van der Waals surface area contributed by atoms with Gasteiger partial charge in [0.1, 0.15) is 12.9 Å². The molecule has 0 saturated carbocycles. The summed E-state index contributed by atoms with van der Waals surface area (Å²) in [6, 6.07) is -0.132. The maximum absolute atomic E-state index is 12.2. The molecule has 7 heteroatoms. The first-order chi connectivity index (χ1) is 9.13. The van der Waals surface area contributed by atoms with E-state index in [4.69, 9.17) is 9.15 Å². The normalized spacial score (nSPS) is 26.8. The van der Waals surface area contributed by atoms with Crippen LogP contribution in [0.25, 0.3) is 0 Å². The van der Waals surface area contributed by atoms with Crippen LogP contribution < -0.4 is 5.32 Å². The number of morpholine rings is 1. The van der Waals surface area contributed by atoms with Crippen molar-refractivity contribution in [2.75, 3.05) is 19.7 Å². The Labute approximate surface area is 109 Å². The largest absolute Gasteiger partial charge is 0.448 e. The average molecular weight is 265 g/mol. The molecule has 0 bridgehead atoms. The van der Waals surface area contributed by atoms with E-state index in [1.807, 2.05) is 0 Å². The van der Waals surface area contributed by atoms with Crippen molar-refractivity contribution in [2.24, 2.45) is 0 Å². The van der Waals surface area contributed by atoms with Gasteiger partial charge < -0.3 is 19.4 Å². The van der Waals surface area contributed by atoms with E-state index in [-0.39, 0.29) is 30.6 Å². The third-order valence-electron chi connectivity index (χ3n) is 3.45. The van der Waals surface area contributed by atoms with Crippen molar-refractivity contribution in [2.45, 2.75) is 25.5 Å². The summed E-state index contributed by atoms with van der Waals surface area (Å²) >= 11 is 0. The highest BCUT2D eigenvalue weighted by Gasteiger charge is 2.36. The van der Waals surface area contributed by atoms with E-state index >= 15 is 0 Å². The van der Waals surface area contributed by atoms with E-state index in [0.29, 0.717) is 31.1 Å². The number of oxazole rings is 1. The SMILES string of the molecule is Cc1nc(C(=O)N2CC[C@H]3OCC(=O)N[C@H]3C2)co1. The Kier molecular flexibility index (Phi) is 2.98. The van der Waals surface area contributed by atoms with E-state index in [0.717, 1.165) is 0 Å². The summed E-state index contributed by atoms with van der Waals surface area (Å²) in [6.07, 6.45) is 2.08. The molecule has 19 heavy (non-hydrogen) atoms. The van der Waals surface area contributed by atoms with Gasteiger partial charge in [0.25, 0.3) is 5.91 Å². The number of aryl methyl sites for hydroxylation is 1. The van der Waals surface area contributed by atoms with E-state index in [9.17, 15) is 9.59 Å². The van der Waals surface area contributed by atoms with Gasteiger partial charge in [0.2, 0.25) is 5.91 Å². The van der Waals surface area contributed by atoms with Crippen LogP contribution >= 0.6 is 0 Å². The Hall–Kier alpha value is -1.89. The summed E-state index contributed by atoms with van der Waals surface area (Å²) in [6.45, 7) is 2.85. The molecule has 1 N–H and O–H groups in total. The van der Waals surface area contributed by atoms with E-state index in [1.54, 1.807) is 11.8 Å². The number of piperidine rings is 1. The van der Waals surface area contributed by atoms with Gasteiger partial charge in [-0.15, -0.1) is 0 Å². The van der Waals surface area contributed by atoms with Gasteiger partial charge in [-0.05, 0) is 6.42 Å². The lowest BCUT2D eigenvalue weighted by atomic mass is 10.0. The minimum absolute atomic E-state index is 0.000736. The first kappa shape index (κ1) is 12.2. The summed E-state index contributed by atoms with van der Waals surface area (Å²) in [5, 5.41) is 2.86. The van der Waals surface area contributed by atoms with Crippen LogP contribution in [0.4, 0.5) is 0 Å². The molecule has 102 valence electrons. The number of aromatic nitrogens is 1. The molecule has 1 aromatic heterocycles. The number of fused-ring (bicyclic) bond motifs is 1. The van der Waals surface area contributed by atoms with Crippen LogP contribution in [0, 0.1) is 6.92 Å². The lowest BCUT2D eigenvalue weighted by Gasteiger charge is -2.40. The highest BCUT2D eigenvalue weighted by molar-refractivity contribution is 5.92. The standard InChI is InChI=1S/C12H15N3O4/c1-7-13-9(5-18-7)12(17)15-3-2-10-8(4-15)14-11(16)6-19-10/h5,8,10H,2-4,6H2,1H3,(H,14,16)/t8-,10+/m0/s1. The second-order valence-electron chi connectivity index (χ2n) is 4.82. The van der Waals surface area contributed by atoms with Gasteiger partial charge in [0.05, 0.1) is 12.1 Å². The number of carbonyl (C=O) groups excluding carboxylic acids is 2. The molecule has 2 atom stereocenters. The number of amides is 2. The third kappa shape index (κ3) is 2.33. The van der Waals surface area contributed by atoms with Crippen LogP contribution in [-0.4, -0.2) is 53.5 Å². The van der Waals surface area contributed by atoms with Gasteiger partial charge >= 0.3 is 0 Å². The Bertz CT molecular complexity index is 513. The van der Waals surface area contributed by atoms with Gasteiger partial charge in [0, 0.05) is 20.0 Å². The smallest absolute Gasteiger partial charge is 0.275 e. The quantitative estimate of drug-likeness (QED) is 0.754. The van der Waals surface area contributed by atoms with Gasteiger partial charge in [-0.2, -0.15) is 0 Å². The summed E-state index contributed by atoms with van der Waals surface area (Å²) in [5.41, 5.74) is 0.305. The highest BCUT2D eigenvalue weighted by atomic mass is 16.5. The molecule has 0 radical (unpaired) electrons. The summed E-state index contributed by atoms with van der Waals surface area (Å²) in [5.74, 6) is 0.162. The molecule has 2 amide bonds. The summed E-state index contributed by atoms with van der Waals surface area (Å²) < 4.78 is 10.5. The Morgan fingerprint density at radius 1 is 1.58 bits per heavy atom. The van der Waals surface area contributed by atoms with Crippen LogP contribution in [-0.2, 0) is 9.53 Å². The van der Waals surface area contributed by atoms with Crippen molar-refractivity contribution >= 4 is 11.8 Å². The van der Waals surface area contributed by atoms with E-state index in [1.165, 1.54) is 6.26 Å². The summed E-state index contributed by atoms with van der Waals surface area (Å²) in [7, 11) is 0. The monoisotopic (exact) mass is 265 g/mol. The molecule has 0 aliphatic carbocycles. The van der Waals surface area contributed by atoms with Gasteiger partial charge in [-0.1, -0.05) is 0 Å². The molecule has 3 rings (SSSR count). The fourth-order valence-corrected chi connectivity index (χ4v) is 2.51. The zero-order valence-corrected chi connectivity index (χ0v) is 10.6. The van der Waals surface area contributed by atoms with Gasteiger partial charge in [-0.3, -0.25) is 9.59 Å². The first-order valence-corrected chi connectivity index (χ1v) is 6.26. The molecule has 1 aromatic rings. The van der Waals surface area contributed by atoms with Crippen molar-refractivity contribution < 1.29 is 18.7 Å². The number of hydrogen-bond acceptors (Lipinski definition) is 5. The fraction of sp³-hybridized carbons (Fsp3) is 0.583. The number of likely N-dealkylation sites (tertiary alicyclic amines) is 1. The molecular formula is C12H15N3O4. The van der Waals surface area contributed by atoms with Crippen LogP contribution in [0.3, 0.4) is 0 Å². The zero-order valence-electron chi connectivity index (χ0n) is 10.6. The molecule has 0 unspecified atom stereocenters. The minimum Gasteiger partial charge on any atom is -0.448 e. The number of ether oxygens (including phenoxy) is 1. The lowest BCUT2D eigenvalue weighted by molar-refractivity contribution is -0.139. The van der Waals surface area contributed by atoms with E-state index in [2.05, 4.69) is 10.3 Å². The molecule has 2 aliphatic heterocycles. The molecular weight excluding hydrogens is 250 g/mol. The fourth-order valence-electron chi connectivity index (χ4n) is 2.51. The number of nitrogens with zero attached hydrogens (tertiary/aromatic N) is 2. The van der Waals surface area contributed by atoms with Crippen LogP contribution in [0.2, 0.25) is 0 Å². The number of rotatable bonds is 1. The minimum atomic E-state index is -0.171.